The van der Waals surface area contributed by atoms with Crippen molar-refractivity contribution in [3.63, 3.8) is 0 Å². The number of hydrogen-bond acceptors (Lipinski definition) is 11. The van der Waals surface area contributed by atoms with Crippen LogP contribution < -0.4 is 30.5 Å². The topological polar surface area (TPSA) is 245 Å². The van der Waals surface area contributed by atoms with E-state index in [4.69, 9.17) is 24.6 Å². The molecule has 10 rings (SSSR count). The summed E-state index contributed by atoms with van der Waals surface area (Å²) in [6.45, 7) is 19.2. The molecule has 74 heavy (non-hydrogen) atoms. The molecule has 408 valence electrons. The predicted molar refractivity (Wildman–Crippen MR) is 285 cm³/mol. The summed E-state index contributed by atoms with van der Waals surface area (Å²) in [5.41, 5.74) is 8.23. The van der Waals surface area contributed by atoms with Gasteiger partial charge in [0.1, 0.15) is 17.0 Å². The summed E-state index contributed by atoms with van der Waals surface area (Å²) >= 11 is 0. The number of alkyl carbamates (subject to hydrolysis) is 2. The van der Waals surface area contributed by atoms with E-state index in [2.05, 4.69) is 60.5 Å². The summed E-state index contributed by atoms with van der Waals surface area (Å²) in [5.74, 6) is 1.28. The van der Waals surface area contributed by atoms with Gasteiger partial charge in [0, 0.05) is 28.6 Å². The molecule has 0 aromatic heterocycles. The number of ether oxygens (including phenoxy) is 3. The Bertz CT molecular complexity index is 2760. The highest BCUT2D eigenvalue weighted by atomic mass is 32.2. The zero-order valence-corrected chi connectivity index (χ0v) is 47.2. The molecule has 0 aliphatic heterocycles. The van der Waals surface area contributed by atoms with Crippen molar-refractivity contribution in [3.05, 3.63) is 56.6 Å². The molecular weight excluding hydrogens is 981 g/mol. The first kappa shape index (κ1) is 55.6. The number of fused-ring (bicyclic) bond motifs is 8. The van der Waals surface area contributed by atoms with Gasteiger partial charge >= 0.3 is 18.2 Å². The minimum atomic E-state index is -3.99. The van der Waals surface area contributed by atoms with E-state index < -0.39 is 60.3 Å². The Balaban J connectivity index is 0.000000165. The van der Waals surface area contributed by atoms with Gasteiger partial charge in [-0.15, -0.1) is 5.26 Å². The molecule has 4 fully saturated rings. The van der Waals surface area contributed by atoms with Crippen molar-refractivity contribution in [2.24, 2.45) is 38.6 Å². The molecule has 4 saturated carbocycles. The fourth-order valence-electron chi connectivity index (χ4n) is 15.1. The lowest BCUT2D eigenvalue weighted by Gasteiger charge is -2.42. The van der Waals surface area contributed by atoms with E-state index in [0.29, 0.717) is 24.7 Å². The summed E-state index contributed by atoms with van der Waals surface area (Å²) in [7, 11) is -7.60. The number of rotatable bonds is 9. The maximum atomic E-state index is 13.5. The van der Waals surface area contributed by atoms with Gasteiger partial charge in [-0.05, 0) is 224 Å². The molecule has 0 saturated heterocycles. The van der Waals surface area contributed by atoms with Crippen LogP contribution in [-0.4, -0.2) is 69.8 Å². The van der Waals surface area contributed by atoms with Crippen LogP contribution in [0.2, 0.25) is 0 Å². The number of carbonyl (C=O) groups is 3. The van der Waals surface area contributed by atoms with Crippen molar-refractivity contribution in [2.75, 3.05) is 16.8 Å². The lowest BCUT2D eigenvalue weighted by atomic mass is 9.69. The number of amides is 4. The Labute approximate surface area is 440 Å². The monoisotopic (exact) mass is 1060 g/mol. The number of nitrogens with one attached hydrogen (secondary N) is 4. The van der Waals surface area contributed by atoms with Crippen molar-refractivity contribution < 1.29 is 45.4 Å². The Hall–Kier alpha value is -4.60. The van der Waals surface area contributed by atoms with Gasteiger partial charge in [-0.2, -0.15) is 0 Å². The number of anilines is 1. The number of nitriles is 1. The average molecular weight is 1060 g/mol. The van der Waals surface area contributed by atoms with Crippen LogP contribution in [0.5, 0.6) is 5.75 Å². The molecule has 8 aliphatic carbocycles. The lowest BCUT2D eigenvalue weighted by Crippen LogP contribution is -2.54. The molecule has 6 N–H and O–H groups in total. The van der Waals surface area contributed by atoms with Crippen LogP contribution in [0.15, 0.2) is 12.1 Å². The van der Waals surface area contributed by atoms with Crippen molar-refractivity contribution in [1.29, 1.82) is 5.26 Å². The second-order valence-corrected chi connectivity index (χ2v) is 29.2. The third kappa shape index (κ3) is 11.1. The van der Waals surface area contributed by atoms with Gasteiger partial charge in [0.05, 0.1) is 11.5 Å². The highest BCUT2D eigenvalue weighted by molar-refractivity contribution is 7.90. The molecule has 4 unspecified atom stereocenters. The Kier molecular flexibility index (Phi) is 15.1. The Morgan fingerprint density at radius 3 is 1.42 bits per heavy atom. The van der Waals surface area contributed by atoms with Crippen molar-refractivity contribution in [2.45, 2.75) is 208 Å². The van der Waals surface area contributed by atoms with Crippen LogP contribution >= 0.6 is 0 Å². The zero-order valence-electron chi connectivity index (χ0n) is 45.5. The number of aryl methyl sites for hydroxylation is 4. The van der Waals surface area contributed by atoms with E-state index in [1.54, 1.807) is 41.5 Å². The molecule has 8 aliphatic rings. The van der Waals surface area contributed by atoms with Crippen LogP contribution in [0.4, 0.5) is 20.1 Å². The molecule has 0 radical (unpaired) electrons. The molecule has 0 spiro atoms. The first-order chi connectivity index (χ1) is 34.4. The third-order valence-corrected chi connectivity index (χ3v) is 21.0. The van der Waals surface area contributed by atoms with E-state index in [9.17, 15) is 31.2 Å². The van der Waals surface area contributed by atoms with Gasteiger partial charge in [0.25, 0.3) is 6.26 Å². The minimum absolute atomic E-state index is 0.0933. The van der Waals surface area contributed by atoms with Crippen molar-refractivity contribution in [3.8, 4) is 12.0 Å². The molecule has 18 heteroatoms. The van der Waals surface area contributed by atoms with Crippen molar-refractivity contribution >= 4 is 44.0 Å². The predicted octanol–water partition coefficient (Wildman–Crippen LogP) is 9.35. The van der Waals surface area contributed by atoms with Crippen LogP contribution in [0.25, 0.3) is 0 Å². The van der Waals surface area contributed by atoms with E-state index in [-0.39, 0.29) is 34.4 Å². The van der Waals surface area contributed by atoms with Gasteiger partial charge in [0.15, 0.2) is 0 Å². The normalized spacial score (nSPS) is 27.2. The van der Waals surface area contributed by atoms with Crippen LogP contribution in [0.1, 0.15) is 178 Å². The quantitative estimate of drug-likeness (QED) is 0.148. The standard InChI is InChI=1S/C28H41N3O5S.C15H28N2O4S.C13H13NO/c1-26(2,3)36-25(33)29-22-15-19-12-13-28(22,27(19,4)5)16-37(34,35)31-24(32)30-23-20-10-6-8-17(20)14-18-9-7-11-21(18)23;1-13(2,3)21-12(18)17-11-8-10-6-7-15(11,14(10,4)5)9-22(16,19)20;14-8-15-13-11-5-1-3-9(11)7-10-4-2-6-12(10)13/h14,19,22H,6-13,15-16H2,1-5H3,(H,29,33)(H2,30,31,32);10-11H,6-9H2,1-5H3,(H,17,18)(H2,16,19,20);7H,1-6H2/t19?,22?,28-;10?,11?,15-;/m11./s1. The van der Waals surface area contributed by atoms with E-state index >= 15 is 0 Å². The second-order valence-electron chi connectivity index (χ2n) is 25.8. The van der Waals surface area contributed by atoms with Crippen LogP contribution in [0, 0.1) is 45.0 Å². The van der Waals surface area contributed by atoms with E-state index in [1.165, 1.54) is 46.2 Å². The molecule has 4 amide bonds. The number of nitrogens with two attached hydrogens (primary N) is 1. The SMILES string of the molecule is CC(C)(C)OC(=O)NC1CC2CC[C@]1(CS(=O)(=O)NC(=O)Nc1c3c(cc4c1CCC4)CCC3)C2(C)C.CC(C)(C)OC(=O)NC1CC2CC[C@]1(CS(N)(=O)=O)C2(C)C.N#COc1c2c(cc3c1CCC3)CCC2. The van der Waals surface area contributed by atoms with E-state index in [0.717, 1.165) is 112 Å². The number of carbonyl (C=O) groups excluding carboxylic acids is 3. The van der Waals surface area contributed by atoms with E-state index in [1.807, 2.05) is 6.26 Å². The highest BCUT2D eigenvalue weighted by Crippen LogP contribution is 2.67. The van der Waals surface area contributed by atoms with Gasteiger partial charge in [-0.25, -0.2) is 41.1 Å². The maximum Gasteiger partial charge on any atom is 0.407 e. The number of benzene rings is 2. The largest absolute Gasteiger partial charge is 0.444 e. The van der Waals surface area contributed by atoms with Gasteiger partial charge in [-0.1, -0.05) is 39.8 Å². The molecule has 6 atom stereocenters. The van der Waals surface area contributed by atoms with Gasteiger partial charge in [-0.3, -0.25) is 0 Å². The molecule has 2 aromatic carbocycles. The second kappa shape index (κ2) is 20.1. The lowest BCUT2D eigenvalue weighted by molar-refractivity contribution is 0.0409. The number of hydrogen-bond donors (Lipinski definition) is 5. The van der Waals surface area contributed by atoms with Gasteiger partial charge < -0.3 is 30.2 Å². The zero-order chi connectivity index (χ0) is 54.0. The molecule has 4 bridgehead atoms. The summed E-state index contributed by atoms with van der Waals surface area (Å²) in [6.07, 6.45) is 18.4. The minimum Gasteiger partial charge on any atom is -0.444 e. The van der Waals surface area contributed by atoms with Crippen LogP contribution in [0.3, 0.4) is 0 Å². The molecule has 16 nitrogen and oxygen atoms in total. The third-order valence-electron chi connectivity index (χ3n) is 18.7. The highest BCUT2D eigenvalue weighted by Gasteiger charge is 2.67. The van der Waals surface area contributed by atoms with Crippen molar-refractivity contribution in [1.82, 2.24) is 15.4 Å². The number of urea groups is 1. The Morgan fingerprint density at radius 2 is 1.04 bits per heavy atom. The first-order valence-corrected chi connectivity index (χ1v) is 30.4. The smallest absolute Gasteiger partial charge is 0.407 e. The summed E-state index contributed by atoms with van der Waals surface area (Å²) in [5, 5.41) is 22.9. The number of primary sulfonamides is 1. The number of sulfonamides is 2. The maximum absolute atomic E-state index is 13.5. The van der Waals surface area contributed by atoms with Crippen LogP contribution in [-0.2, 0) is 80.9 Å². The molecular formula is C56H82N6O10S2. The molecule has 0 heterocycles. The molecule has 2 aromatic rings. The summed E-state index contributed by atoms with van der Waals surface area (Å²) in [4.78, 5) is 37.8. The Morgan fingerprint density at radius 1 is 0.649 bits per heavy atom. The summed E-state index contributed by atoms with van der Waals surface area (Å²) < 4.78 is 68.8. The fourth-order valence-corrected chi connectivity index (χ4v) is 18.3. The fraction of sp³-hybridized carbons (Fsp3) is 0.714. The summed E-state index contributed by atoms with van der Waals surface area (Å²) in [6, 6.07) is 3.37. The number of nitrogens with zero attached hydrogens (tertiary/aromatic N) is 1. The average Bonchev–Trinajstić information content (AvgIpc) is 4.15. The van der Waals surface area contributed by atoms with Gasteiger partial charge in [0.2, 0.25) is 20.0 Å². The first-order valence-electron chi connectivity index (χ1n) is 27.1.